The number of halogens is 1. The Hall–Kier alpha value is -3.37. The summed E-state index contributed by atoms with van der Waals surface area (Å²) >= 11 is 0. The molecule has 3 heterocycles. The molecule has 2 aliphatic rings. The average Bonchev–Trinajstić information content (AvgIpc) is 3.30. The van der Waals surface area contributed by atoms with Gasteiger partial charge in [0.05, 0.1) is 16.1 Å². The van der Waals surface area contributed by atoms with Gasteiger partial charge >= 0.3 is 0 Å². The number of hydrogen-bond donors (Lipinski definition) is 2. The second kappa shape index (κ2) is 10.3. The van der Waals surface area contributed by atoms with E-state index in [1.807, 2.05) is 43.3 Å². The number of aryl methyl sites for hydroxylation is 1. The number of anilines is 6. The van der Waals surface area contributed by atoms with Crippen LogP contribution in [-0.2, 0) is 16.4 Å². The molecular weight excluding hydrogens is 515 g/mol. The van der Waals surface area contributed by atoms with Crippen molar-refractivity contribution in [2.75, 3.05) is 59.6 Å². The zero-order valence-corrected chi connectivity index (χ0v) is 24.1. The number of rotatable bonds is 6. The van der Waals surface area contributed by atoms with Crippen LogP contribution in [0, 0.1) is 12.7 Å². The van der Waals surface area contributed by atoms with Gasteiger partial charge in [0.2, 0.25) is 10.0 Å². The lowest BCUT2D eigenvalue weighted by Crippen LogP contribution is -2.44. The Morgan fingerprint density at radius 1 is 0.897 bits per heavy atom. The summed E-state index contributed by atoms with van der Waals surface area (Å²) in [7, 11) is -1.42. The third-order valence-electron chi connectivity index (χ3n) is 7.45. The van der Waals surface area contributed by atoms with Crippen molar-refractivity contribution in [2.24, 2.45) is 0 Å². The first-order chi connectivity index (χ1) is 18.4. The summed E-state index contributed by atoms with van der Waals surface area (Å²) in [5, 5.41) is 6.63. The van der Waals surface area contributed by atoms with E-state index in [0.29, 0.717) is 30.2 Å². The number of hydrogen-bond acceptors (Lipinski definition) is 7. The van der Waals surface area contributed by atoms with Gasteiger partial charge in [-0.3, -0.25) is 4.31 Å². The summed E-state index contributed by atoms with van der Waals surface area (Å²) in [4.78, 5) is 8.80. The van der Waals surface area contributed by atoms with Crippen molar-refractivity contribution in [1.29, 1.82) is 0 Å². The number of benzene rings is 2. The third-order valence-corrected chi connectivity index (χ3v) is 9.96. The fourth-order valence-electron chi connectivity index (χ4n) is 4.93. The molecule has 10 heteroatoms. The quantitative estimate of drug-likeness (QED) is 0.432. The third kappa shape index (κ3) is 5.53. The Bertz CT molecular complexity index is 1480. The molecule has 8 nitrogen and oxygen atoms in total. The molecule has 0 radical (unpaired) electrons. The number of pyridine rings is 1. The van der Waals surface area contributed by atoms with Crippen LogP contribution >= 0.6 is 0 Å². The van der Waals surface area contributed by atoms with Gasteiger partial charge in [-0.25, -0.2) is 17.8 Å². The van der Waals surface area contributed by atoms with Crippen LogP contribution in [0.1, 0.15) is 31.9 Å². The number of fused-ring (bicyclic) bond motifs is 1. The van der Waals surface area contributed by atoms with Crippen LogP contribution in [-0.4, -0.2) is 62.8 Å². The Kier molecular flexibility index (Phi) is 7.19. The van der Waals surface area contributed by atoms with Gasteiger partial charge in [-0.1, -0.05) is 6.07 Å². The van der Waals surface area contributed by atoms with Crippen molar-refractivity contribution < 1.29 is 12.8 Å². The van der Waals surface area contributed by atoms with Crippen LogP contribution in [0.15, 0.2) is 48.7 Å². The number of piperazine rings is 1. The van der Waals surface area contributed by atoms with Gasteiger partial charge in [0.25, 0.3) is 0 Å². The molecule has 0 spiro atoms. The van der Waals surface area contributed by atoms with Gasteiger partial charge < -0.3 is 20.4 Å². The number of nitrogens with zero attached hydrogens (tertiary/aromatic N) is 4. The monoisotopic (exact) mass is 552 g/mol. The normalized spacial score (nSPS) is 16.4. The molecule has 1 fully saturated rings. The lowest BCUT2D eigenvalue weighted by molar-refractivity contribution is 0.311. The van der Waals surface area contributed by atoms with Crippen LogP contribution in [0.2, 0.25) is 0 Å². The van der Waals surface area contributed by atoms with Gasteiger partial charge in [-0.15, -0.1) is 0 Å². The fourth-order valence-corrected chi connectivity index (χ4v) is 6.35. The van der Waals surface area contributed by atoms with E-state index in [1.165, 1.54) is 10.4 Å². The molecular formula is C29H37FN6O2S. The minimum atomic E-state index is -3.50. The highest BCUT2D eigenvalue weighted by Crippen LogP contribution is 2.37. The van der Waals surface area contributed by atoms with Crippen molar-refractivity contribution in [2.45, 2.75) is 38.9 Å². The van der Waals surface area contributed by atoms with Crippen LogP contribution in [0.25, 0.3) is 0 Å². The number of nitrogens with one attached hydrogen (secondary N) is 2. The highest BCUT2D eigenvalue weighted by Gasteiger charge is 2.38. The summed E-state index contributed by atoms with van der Waals surface area (Å²) < 4.78 is 42.0. The Labute approximate surface area is 230 Å². The molecule has 0 atom stereocenters. The molecule has 2 aromatic carbocycles. The number of aromatic nitrogens is 1. The lowest BCUT2D eigenvalue weighted by atomic mass is 10.1. The molecule has 39 heavy (non-hydrogen) atoms. The van der Waals surface area contributed by atoms with E-state index in [2.05, 4.69) is 32.5 Å². The van der Waals surface area contributed by atoms with E-state index in [1.54, 1.807) is 27.0 Å². The molecule has 0 unspecified atom stereocenters. The average molecular weight is 553 g/mol. The second-order valence-corrected chi connectivity index (χ2v) is 14.0. The minimum Gasteiger partial charge on any atom is -0.367 e. The molecule has 0 aliphatic carbocycles. The van der Waals surface area contributed by atoms with Crippen molar-refractivity contribution in [3.8, 4) is 0 Å². The maximum atomic E-state index is 15.0. The summed E-state index contributed by atoms with van der Waals surface area (Å²) in [6, 6.07) is 12.9. The van der Waals surface area contributed by atoms with Gasteiger partial charge in [0.15, 0.2) is 0 Å². The number of likely N-dealkylation sites (N-methyl/N-ethyl adjacent to an activating group) is 1. The van der Waals surface area contributed by atoms with Crippen LogP contribution < -0.4 is 19.8 Å². The fraction of sp³-hybridized carbons (Fsp3) is 0.414. The summed E-state index contributed by atoms with van der Waals surface area (Å²) in [5.41, 5.74) is 5.51. The van der Waals surface area contributed by atoms with E-state index in [-0.39, 0.29) is 5.82 Å². The van der Waals surface area contributed by atoms with E-state index < -0.39 is 14.8 Å². The van der Waals surface area contributed by atoms with Crippen LogP contribution in [0.3, 0.4) is 0 Å². The zero-order chi connectivity index (χ0) is 27.9. The molecule has 1 saturated heterocycles. The van der Waals surface area contributed by atoms with Crippen molar-refractivity contribution in [3.05, 3.63) is 65.6 Å². The molecule has 2 N–H and O–H groups in total. The van der Waals surface area contributed by atoms with E-state index in [4.69, 9.17) is 0 Å². The molecule has 0 amide bonds. The van der Waals surface area contributed by atoms with Crippen LogP contribution in [0.5, 0.6) is 0 Å². The van der Waals surface area contributed by atoms with Gasteiger partial charge in [0.1, 0.15) is 11.6 Å². The molecule has 208 valence electrons. The highest BCUT2D eigenvalue weighted by atomic mass is 32.2. The van der Waals surface area contributed by atoms with E-state index >= 15 is 0 Å². The summed E-state index contributed by atoms with van der Waals surface area (Å²) in [6.45, 7) is 11.0. The van der Waals surface area contributed by atoms with Crippen molar-refractivity contribution in [3.63, 3.8) is 0 Å². The smallest absolute Gasteiger partial charge is 0.240 e. The van der Waals surface area contributed by atoms with Gasteiger partial charge in [-0.2, -0.15) is 0 Å². The molecule has 0 bridgehead atoms. The Morgan fingerprint density at radius 3 is 2.28 bits per heavy atom. The Morgan fingerprint density at radius 2 is 1.59 bits per heavy atom. The van der Waals surface area contributed by atoms with Crippen molar-refractivity contribution in [1.82, 2.24) is 9.88 Å². The van der Waals surface area contributed by atoms with Crippen molar-refractivity contribution >= 4 is 44.3 Å². The second-order valence-electron chi connectivity index (χ2n) is 11.4. The summed E-state index contributed by atoms with van der Waals surface area (Å²) in [6.07, 6.45) is 2.45. The molecule has 3 aromatic rings. The van der Waals surface area contributed by atoms with Gasteiger partial charge in [0, 0.05) is 62.0 Å². The standard InChI is InChI=1S/C29H37FN6O2S/c1-20-19-31-28(33-22-8-9-26(24(30)16-22)35-14-12-34(5)13-15-35)18-25(20)32-23-7-6-21-10-11-36(27(21)17-23)39(37,38)29(2,3)4/h6-9,16-19H,10-15H2,1-5H3,(H2,31,32,33). The topological polar surface area (TPSA) is 80.8 Å². The first kappa shape index (κ1) is 27.2. The maximum absolute atomic E-state index is 15.0. The van der Waals surface area contributed by atoms with Gasteiger partial charge in [-0.05, 0) is 82.6 Å². The Balaban J connectivity index is 1.34. The highest BCUT2D eigenvalue weighted by molar-refractivity contribution is 7.94. The van der Waals surface area contributed by atoms with E-state index in [9.17, 15) is 12.8 Å². The van der Waals surface area contributed by atoms with E-state index in [0.717, 1.165) is 54.4 Å². The first-order valence-corrected chi connectivity index (χ1v) is 14.8. The largest absolute Gasteiger partial charge is 0.367 e. The molecule has 5 rings (SSSR count). The summed E-state index contributed by atoms with van der Waals surface area (Å²) in [5.74, 6) is 0.316. The predicted molar refractivity (Wildman–Crippen MR) is 158 cm³/mol. The molecule has 2 aliphatic heterocycles. The molecule has 0 saturated carbocycles. The maximum Gasteiger partial charge on any atom is 0.240 e. The van der Waals surface area contributed by atoms with Crippen LogP contribution in [0.4, 0.5) is 38.6 Å². The first-order valence-electron chi connectivity index (χ1n) is 13.3. The minimum absolute atomic E-state index is 0.261. The SMILES string of the molecule is Cc1cnc(Nc2ccc(N3CCN(C)CC3)c(F)c2)cc1Nc1ccc2c(c1)N(S(=O)(=O)C(C)(C)C)CC2. The zero-order valence-electron chi connectivity index (χ0n) is 23.3. The predicted octanol–water partition coefficient (Wildman–Crippen LogP) is 5.26. The molecule has 1 aromatic heterocycles. The lowest BCUT2D eigenvalue weighted by Gasteiger charge is -2.34. The number of sulfonamides is 1.